The molecule has 7 heteroatoms. The number of carbonyl (C=O) groups is 2. The Kier molecular flexibility index (Phi) is 3.76. The van der Waals surface area contributed by atoms with E-state index in [0.717, 1.165) is 5.65 Å². The Labute approximate surface area is 109 Å². The topological polar surface area (TPSA) is 101 Å². The van der Waals surface area contributed by atoms with Crippen molar-refractivity contribution >= 4 is 17.5 Å². The van der Waals surface area contributed by atoms with Crippen molar-refractivity contribution < 1.29 is 14.7 Å². The van der Waals surface area contributed by atoms with Gasteiger partial charge in [-0.3, -0.25) is 14.5 Å². The summed E-state index contributed by atoms with van der Waals surface area (Å²) in [5.74, 6) is -1.57. The van der Waals surface area contributed by atoms with Gasteiger partial charge in [0.05, 0.1) is 18.8 Å². The van der Waals surface area contributed by atoms with Gasteiger partial charge >= 0.3 is 5.97 Å². The number of carbonyl (C=O) groups excluding carboxylic acids is 1. The summed E-state index contributed by atoms with van der Waals surface area (Å²) in [4.78, 5) is 27.4. The molecule has 0 fully saturated rings. The standard InChI is InChI=1S/C12H14N4O3/c13-10(17)7-15(8-12(18)19)5-9-6-16-4-2-1-3-11(16)14-9/h1-4,6H,5,7-8H2,(H2,13,17)(H,18,19). The van der Waals surface area contributed by atoms with Gasteiger partial charge in [0, 0.05) is 18.9 Å². The first kappa shape index (κ1) is 13.0. The third-order valence-electron chi connectivity index (χ3n) is 2.54. The Morgan fingerprint density at radius 2 is 2.16 bits per heavy atom. The molecule has 0 saturated carbocycles. The number of nitrogens with zero attached hydrogens (tertiary/aromatic N) is 3. The number of primary amides is 1. The predicted molar refractivity (Wildman–Crippen MR) is 67.3 cm³/mol. The Hall–Kier alpha value is -2.41. The van der Waals surface area contributed by atoms with Crippen LogP contribution in [-0.2, 0) is 16.1 Å². The number of amides is 1. The molecule has 100 valence electrons. The van der Waals surface area contributed by atoms with Gasteiger partial charge in [0.25, 0.3) is 0 Å². The fraction of sp³-hybridized carbons (Fsp3) is 0.250. The van der Waals surface area contributed by atoms with Crippen LogP contribution in [0, 0.1) is 0 Å². The number of aromatic nitrogens is 2. The minimum atomic E-state index is -1.01. The van der Waals surface area contributed by atoms with E-state index in [1.165, 1.54) is 4.90 Å². The number of fused-ring (bicyclic) bond motifs is 1. The van der Waals surface area contributed by atoms with Gasteiger partial charge in [0.1, 0.15) is 5.65 Å². The Morgan fingerprint density at radius 3 is 2.79 bits per heavy atom. The fourth-order valence-electron chi connectivity index (χ4n) is 1.87. The first-order valence-electron chi connectivity index (χ1n) is 5.69. The number of carboxylic acid groups (broad SMARTS) is 1. The molecule has 0 spiro atoms. The minimum absolute atomic E-state index is 0.111. The highest BCUT2D eigenvalue weighted by atomic mass is 16.4. The maximum atomic E-state index is 10.9. The molecular weight excluding hydrogens is 248 g/mol. The molecule has 2 aromatic heterocycles. The van der Waals surface area contributed by atoms with Crippen LogP contribution in [0.1, 0.15) is 5.69 Å². The lowest BCUT2D eigenvalue weighted by atomic mass is 10.4. The Balaban J connectivity index is 2.15. The Morgan fingerprint density at radius 1 is 1.37 bits per heavy atom. The fourth-order valence-corrected chi connectivity index (χ4v) is 1.87. The van der Waals surface area contributed by atoms with Crippen LogP contribution in [0.25, 0.3) is 5.65 Å². The molecule has 3 N–H and O–H groups in total. The van der Waals surface area contributed by atoms with Crippen molar-refractivity contribution in [1.82, 2.24) is 14.3 Å². The molecule has 1 amide bonds. The molecule has 0 radical (unpaired) electrons. The van der Waals surface area contributed by atoms with E-state index in [-0.39, 0.29) is 19.6 Å². The summed E-state index contributed by atoms with van der Waals surface area (Å²) in [6, 6.07) is 5.58. The van der Waals surface area contributed by atoms with Gasteiger partial charge in [0.2, 0.25) is 5.91 Å². The van der Waals surface area contributed by atoms with Gasteiger partial charge in [-0.1, -0.05) is 6.07 Å². The highest BCUT2D eigenvalue weighted by Crippen LogP contribution is 2.07. The van der Waals surface area contributed by atoms with Gasteiger partial charge in [-0.05, 0) is 12.1 Å². The summed E-state index contributed by atoms with van der Waals surface area (Å²) in [7, 11) is 0. The summed E-state index contributed by atoms with van der Waals surface area (Å²) in [5.41, 5.74) is 6.56. The van der Waals surface area contributed by atoms with E-state index in [9.17, 15) is 9.59 Å². The normalized spacial score (nSPS) is 11.0. The van der Waals surface area contributed by atoms with Crippen molar-refractivity contribution in [3.8, 4) is 0 Å². The first-order valence-corrected chi connectivity index (χ1v) is 5.69. The van der Waals surface area contributed by atoms with Gasteiger partial charge < -0.3 is 15.2 Å². The van der Waals surface area contributed by atoms with E-state index in [1.807, 2.05) is 28.8 Å². The quantitative estimate of drug-likeness (QED) is 0.744. The van der Waals surface area contributed by atoms with Crippen molar-refractivity contribution in [3.05, 3.63) is 36.3 Å². The molecule has 0 aliphatic rings. The molecule has 0 bridgehead atoms. The smallest absolute Gasteiger partial charge is 0.317 e. The van der Waals surface area contributed by atoms with E-state index in [0.29, 0.717) is 5.69 Å². The third kappa shape index (κ3) is 3.52. The molecular formula is C12H14N4O3. The maximum Gasteiger partial charge on any atom is 0.317 e. The molecule has 0 aliphatic heterocycles. The molecule has 0 aromatic carbocycles. The zero-order valence-corrected chi connectivity index (χ0v) is 10.2. The number of carboxylic acids is 1. The molecule has 0 atom stereocenters. The largest absolute Gasteiger partial charge is 0.480 e. The number of aliphatic carboxylic acids is 1. The van der Waals surface area contributed by atoms with Crippen LogP contribution in [0.4, 0.5) is 0 Å². The molecule has 0 saturated heterocycles. The van der Waals surface area contributed by atoms with Crippen molar-refractivity contribution in [2.24, 2.45) is 5.73 Å². The van der Waals surface area contributed by atoms with Gasteiger partial charge in [0.15, 0.2) is 0 Å². The zero-order chi connectivity index (χ0) is 13.8. The third-order valence-corrected chi connectivity index (χ3v) is 2.54. The van der Waals surface area contributed by atoms with Crippen molar-refractivity contribution in [2.45, 2.75) is 6.54 Å². The molecule has 0 aliphatic carbocycles. The summed E-state index contributed by atoms with van der Waals surface area (Å²) in [6.45, 7) is -0.103. The number of nitrogens with two attached hydrogens (primary N) is 1. The molecule has 2 rings (SSSR count). The lowest BCUT2D eigenvalue weighted by Crippen LogP contribution is -2.36. The lowest BCUT2D eigenvalue weighted by molar-refractivity contribution is -0.138. The van der Waals surface area contributed by atoms with Crippen LogP contribution in [0.3, 0.4) is 0 Å². The van der Waals surface area contributed by atoms with Crippen molar-refractivity contribution in [2.75, 3.05) is 13.1 Å². The number of hydrogen-bond donors (Lipinski definition) is 2. The van der Waals surface area contributed by atoms with E-state index in [1.54, 1.807) is 6.20 Å². The van der Waals surface area contributed by atoms with E-state index in [2.05, 4.69) is 4.98 Å². The van der Waals surface area contributed by atoms with Crippen LogP contribution in [-0.4, -0.2) is 44.4 Å². The van der Waals surface area contributed by atoms with Crippen LogP contribution in [0.5, 0.6) is 0 Å². The highest BCUT2D eigenvalue weighted by molar-refractivity contribution is 5.77. The van der Waals surface area contributed by atoms with Crippen molar-refractivity contribution in [3.63, 3.8) is 0 Å². The van der Waals surface area contributed by atoms with Gasteiger partial charge in [-0.15, -0.1) is 0 Å². The minimum Gasteiger partial charge on any atom is -0.480 e. The molecule has 2 aromatic rings. The SMILES string of the molecule is NC(=O)CN(CC(=O)O)Cc1cn2ccccc2n1. The van der Waals surface area contributed by atoms with Gasteiger partial charge in [-0.25, -0.2) is 4.98 Å². The maximum absolute atomic E-state index is 10.9. The average molecular weight is 262 g/mol. The predicted octanol–water partition coefficient (Wildman–Crippen LogP) is -0.294. The first-order chi connectivity index (χ1) is 9.04. The Bertz CT molecular complexity index is 559. The van der Waals surface area contributed by atoms with Crippen LogP contribution in [0.2, 0.25) is 0 Å². The van der Waals surface area contributed by atoms with Crippen LogP contribution < -0.4 is 5.73 Å². The second-order valence-electron chi connectivity index (χ2n) is 4.20. The summed E-state index contributed by atoms with van der Waals surface area (Å²) >= 11 is 0. The monoisotopic (exact) mass is 262 g/mol. The summed E-state index contributed by atoms with van der Waals surface area (Å²) < 4.78 is 1.83. The average Bonchev–Trinajstić information content (AvgIpc) is 2.68. The second-order valence-corrected chi connectivity index (χ2v) is 4.20. The lowest BCUT2D eigenvalue weighted by Gasteiger charge is -2.16. The zero-order valence-electron chi connectivity index (χ0n) is 10.2. The second kappa shape index (κ2) is 5.49. The number of rotatable bonds is 6. The van der Waals surface area contributed by atoms with Crippen LogP contribution >= 0.6 is 0 Å². The molecule has 7 nitrogen and oxygen atoms in total. The molecule has 0 unspecified atom stereocenters. The van der Waals surface area contributed by atoms with E-state index in [4.69, 9.17) is 10.8 Å². The summed E-state index contributed by atoms with van der Waals surface area (Å²) in [5, 5.41) is 8.80. The number of hydrogen-bond acceptors (Lipinski definition) is 4. The molecule has 2 heterocycles. The molecule has 19 heavy (non-hydrogen) atoms. The van der Waals surface area contributed by atoms with E-state index < -0.39 is 11.9 Å². The van der Waals surface area contributed by atoms with Gasteiger partial charge in [-0.2, -0.15) is 0 Å². The number of pyridine rings is 1. The summed E-state index contributed by atoms with van der Waals surface area (Å²) in [6.07, 6.45) is 3.65. The highest BCUT2D eigenvalue weighted by Gasteiger charge is 2.14. The van der Waals surface area contributed by atoms with Crippen LogP contribution in [0.15, 0.2) is 30.6 Å². The van der Waals surface area contributed by atoms with Crippen molar-refractivity contribution in [1.29, 1.82) is 0 Å². The number of imidazole rings is 1. The van der Waals surface area contributed by atoms with E-state index >= 15 is 0 Å².